The number of rotatable bonds is 10. The number of benzene rings is 2. The molecule has 22 heteroatoms. The Kier molecular flexibility index (Phi) is 8.80. The summed E-state index contributed by atoms with van der Waals surface area (Å²) in [5.41, 5.74) is 0.498. The number of fused-ring (bicyclic) bond motifs is 1. The van der Waals surface area contributed by atoms with Crippen molar-refractivity contribution in [2.45, 2.75) is 71.6 Å². The minimum atomic E-state index is -8.90. The third kappa shape index (κ3) is 5.02. The molecule has 0 spiro atoms. The zero-order valence-corrected chi connectivity index (χ0v) is 23.4. The molecule has 1 saturated heterocycles. The summed E-state index contributed by atoms with van der Waals surface area (Å²) in [5.74, 6) is -53.0. The molecule has 2 aromatic carbocycles. The molecule has 0 radical (unpaired) electrons. The normalized spacial score (nSPS) is 18.8. The van der Waals surface area contributed by atoms with Crippen LogP contribution in [0.4, 0.5) is 74.6 Å². The van der Waals surface area contributed by atoms with Crippen LogP contribution in [0.3, 0.4) is 0 Å². The van der Waals surface area contributed by atoms with Gasteiger partial charge in [0.25, 0.3) is 0 Å². The van der Waals surface area contributed by atoms with Crippen molar-refractivity contribution in [2.24, 2.45) is 0 Å². The third-order valence-corrected chi connectivity index (χ3v) is 12.6. The molecule has 2 aromatic rings. The average molecular weight is 728 g/mol. The van der Waals surface area contributed by atoms with Crippen molar-refractivity contribution in [1.29, 1.82) is 0 Å². The third-order valence-electron chi connectivity index (χ3n) is 6.93. The molecule has 1 fully saturated rings. The van der Waals surface area contributed by atoms with Crippen LogP contribution in [0.5, 0.6) is 0 Å². The lowest BCUT2D eigenvalue weighted by Crippen LogP contribution is -2.75. The van der Waals surface area contributed by atoms with Gasteiger partial charge in [0.2, 0.25) is 0 Å². The van der Waals surface area contributed by atoms with Crippen molar-refractivity contribution < 1.29 is 86.7 Å². The average Bonchev–Trinajstić information content (AvgIpc) is 3.36. The summed E-state index contributed by atoms with van der Waals surface area (Å²) in [4.78, 5) is -0.235. The van der Waals surface area contributed by atoms with Gasteiger partial charge in [-0.2, -0.15) is 83.1 Å². The Morgan fingerprint density at radius 1 is 0.578 bits per heavy atom. The predicted octanol–water partition coefficient (Wildman–Crippen LogP) is 9.33. The number of hydrogen-bond donors (Lipinski definition) is 0. The van der Waals surface area contributed by atoms with E-state index in [0.717, 1.165) is 6.07 Å². The summed E-state index contributed by atoms with van der Waals surface area (Å²) in [6, 6.07) is 7.95. The van der Waals surface area contributed by atoms with E-state index in [0.29, 0.717) is 10.9 Å². The van der Waals surface area contributed by atoms with Crippen molar-refractivity contribution in [3.63, 3.8) is 0 Å². The van der Waals surface area contributed by atoms with Crippen LogP contribution in [0.2, 0.25) is 0 Å². The lowest BCUT2D eigenvalue weighted by Gasteiger charge is -2.43. The Bertz CT molecular complexity index is 1550. The second-order valence-corrected chi connectivity index (χ2v) is 14.7. The largest absolute Gasteiger partial charge is 0.460 e. The first kappa shape index (κ1) is 37.2. The zero-order valence-electron chi connectivity index (χ0n) is 21.8. The van der Waals surface area contributed by atoms with Crippen LogP contribution in [0, 0.1) is 6.92 Å². The molecule has 0 aromatic heterocycles. The summed E-state index contributed by atoms with van der Waals surface area (Å²) in [6.07, 6.45) is -8.01. The molecule has 3 rings (SSSR count). The van der Waals surface area contributed by atoms with Gasteiger partial charge in [0, 0.05) is 16.4 Å². The smallest absolute Gasteiger partial charge is 0.211 e. The summed E-state index contributed by atoms with van der Waals surface area (Å²) >= 11 is 0. The van der Waals surface area contributed by atoms with Gasteiger partial charge in [-0.05, 0) is 42.2 Å². The fourth-order valence-corrected chi connectivity index (χ4v) is 10.2. The maximum atomic E-state index is 14.8. The lowest BCUT2D eigenvalue weighted by molar-refractivity contribution is -0.458. The first-order valence-electron chi connectivity index (χ1n) is 11.9. The van der Waals surface area contributed by atoms with Crippen LogP contribution >= 0.6 is 10.3 Å². The monoisotopic (exact) mass is 728 g/mol. The standard InChI is InChI=1S/C23H17F17O3S2/c1-12-8-9-15(14-7-3-2-6-13(12)14)44(10-4-5-11-44)43-45(41,42)23(39,40)21(34,35)19(30,31)17(26,27)16(24,25)18(28,29)20(32,33)22(36,37)38/h2-3,6-9H,4-5,10-11H2,1H3. The Balaban J connectivity index is 2.15. The van der Waals surface area contributed by atoms with Gasteiger partial charge < -0.3 is 0 Å². The van der Waals surface area contributed by atoms with Gasteiger partial charge in [-0.25, -0.2) is 3.63 Å². The molecule has 0 bridgehead atoms. The van der Waals surface area contributed by atoms with Gasteiger partial charge in [0.15, 0.2) is 0 Å². The van der Waals surface area contributed by atoms with E-state index in [1.54, 1.807) is 0 Å². The van der Waals surface area contributed by atoms with E-state index >= 15 is 0 Å². The molecule has 1 aliphatic heterocycles. The van der Waals surface area contributed by atoms with Crippen LogP contribution in [0.15, 0.2) is 41.3 Å². The number of aryl methyl sites for hydroxylation is 1. The van der Waals surface area contributed by atoms with Crippen molar-refractivity contribution in [1.82, 2.24) is 0 Å². The molecule has 45 heavy (non-hydrogen) atoms. The molecule has 1 aliphatic rings. The minimum absolute atomic E-state index is 0.0576. The maximum absolute atomic E-state index is 14.8. The highest BCUT2D eigenvalue weighted by Gasteiger charge is 2.96. The van der Waals surface area contributed by atoms with Crippen LogP contribution in [-0.2, 0) is 13.7 Å². The molecule has 1 heterocycles. The first-order chi connectivity index (χ1) is 19.9. The van der Waals surface area contributed by atoms with Gasteiger partial charge in [0.05, 0.1) is 0 Å². The second-order valence-electron chi connectivity index (χ2n) is 9.84. The molecule has 3 nitrogen and oxygen atoms in total. The fourth-order valence-electron chi connectivity index (χ4n) is 4.36. The molecular weight excluding hydrogens is 711 g/mol. The predicted molar refractivity (Wildman–Crippen MR) is 124 cm³/mol. The SMILES string of the molecule is Cc1ccc(S2(OS(=O)(=O)C(F)(F)C(F)(F)C(F)(F)C(F)(F)C(F)(F)C(F)(F)C(F)(F)C(F)(F)F)CCCC2)c2ccccc12. The summed E-state index contributed by atoms with van der Waals surface area (Å²) in [7, 11) is -11.5. The van der Waals surface area contributed by atoms with E-state index < -0.39 is 78.9 Å². The van der Waals surface area contributed by atoms with Crippen LogP contribution in [0.25, 0.3) is 10.8 Å². The van der Waals surface area contributed by atoms with Crippen molar-refractivity contribution in [2.75, 3.05) is 11.5 Å². The van der Waals surface area contributed by atoms with Gasteiger partial charge in [-0.3, -0.25) is 0 Å². The van der Waals surface area contributed by atoms with Crippen molar-refractivity contribution >= 4 is 31.2 Å². The minimum Gasteiger partial charge on any atom is -0.211 e. The van der Waals surface area contributed by atoms with Crippen LogP contribution < -0.4 is 0 Å². The molecule has 258 valence electrons. The maximum Gasteiger partial charge on any atom is 0.460 e. The molecular formula is C23H17F17O3S2. The van der Waals surface area contributed by atoms with E-state index in [1.165, 1.54) is 37.3 Å². The Labute approximate surface area is 243 Å². The Hall–Kier alpha value is -2.23. The van der Waals surface area contributed by atoms with Crippen LogP contribution in [-0.4, -0.2) is 66.9 Å². The lowest BCUT2D eigenvalue weighted by atomic mass is 9.91. The van der Waals surface area contributed by atoms with E-state index in [2.05, 4.69) is 3.63 Å². The summed E-state index contributed by atoms with van der Waals surface area (Å²) in [5, 5.41) is -7.30. The number of halogens is 17. The van der Waals surface area contributed by atoms with Gasteiger partial charge in [-0.15, -0.1) is 0 Å². The molecule has 0 N–H and O–H groups in total. The molecule has 0 unspecified atom stereocenters. The van der Waals surface area contributed by atoms with Crippen molar-refractivity contribution in [3.8, 4) is 0 Å². The molecule has 0 saturated carbocycles. The zero-order chi connectivity index (χ0) is 35.1. The van der Waals surface area contributed by atoms with Crippen LogP contribution in [0.1, 0.15) is 18.4 Å². The van der Waals surface area contributed by atoms with Gasteiger partial charge >= 0.3 is 57.1 Å². The van der Waals surface area contributed by atoms with E-state index in [-0.39, 0.29) is 23.1 Å². The first-order valence-corrected chi connectivity index (χ1v) is 15.2. The Morgan fingerprint density at radius 3 is 1.42 bits per heavy atom. The van der Waals surface area contributed by atoms with E-state index in [1.807, 2.05) is 0 Å². The number of alkyl halides is 17. The fraction of sp³-hybridized carbons (Fsp3) is 0.565. The number of hydrogen-bond acceptors (Lipinski definition) is 3. The van der Waals surface area contributed by atoms with Gasteiger partial charge in [0.1, 0.15) is 0 Å². The topological polar surface area (TPSA) is 43.4 Å². The highest BCUT2D eigenvalue weighted by Crippen LogP contribution is 2.68. The summed E-state index contributed by atoms with van der Waals surface area (Å²) < 4.78 is 262. The Morgan fingerprint density at radius 2 is 0.978 bits per heavy atom. The summed E-state index contributed by atoms with van der Waals surface area (Å²) in [6.45, 7) is 1.53. The molecule has 0 atom stereocenters. The highest BCUT2D eigenvalue weighted by atomic mass is 32.3. The molecule has 0 aliphatic carbocycles. The molecule has 0 amide bonds. The van der Waals surface area contributed by atoms with Crippen molar-refractivity contribution in [3.05, 3.63) is 42.0 Å². The second kappa shape index (κ2) is 10.6. The van der Waals surface area contributed by atoms with E-state index in [9.17, 15) is 83.1 Å². The highest BCUT2D eigenvalue weighted by molar-refractivity contribution is 8.33. The van der Waals surface area contributed by atoms with Gasteiger partial charge in [-0.1, -0.05) is 40.6 Å². The van der Waals surface area contributed by atoms with E-state index in [4.69, 9.17) is 0 Å². The quantitative estimate of drug-likeness (QED) is 0.229.